The normalized spacial score (nSPS) is 30.1. The lowest BCUT2D eigenvalue weighted by molar-refractivity contribution is -0.119. The lowest BCUT2D eigenvalue weighted by Crippen LogP contribution is -2.32. The Balaban J connectivity index is 1.46. The van der Waals surface area contributed by atoms with Crippen LogP contribution >= 0.6 is 0 Å². The second kappa shape index (κ2) is 10.8. The van der Waals surface area contributed by atoms with Crippen LogP contribution in [0.15, 0.2) is 36.4 Å². The van der Waals surface area contributed by atoms with Crippen LogP contribution in [0.4, 0.5) is 0 Å². The molecule has 156 valence electrons. The van der Waals surface area contributed by atoms with E-state index in [1.807, 2.05) is 12.1 Å². The fourth-order valence-corrected chi connectivity index (χ4v) is 5.79. The zero-order chi connectivity index (χ0) is 20.5. The fraction of sp³-hybridized carbons (Fsp3) is 0.630. The van der Waals surface area contributed by atoms with Crippen molar-refractivity contribution in [3.8, 4) is 6.07 Å². The summed E-state index contributed by atoms with van der Waals surface area (Å²) in [5.41, 5.74) is 2.87. The maximum atomic E-state index is 11.8. The van der Waals surface area contributed by atoms with E-state index in [-0.39, 0.29) is 5.41 Å². The highest BCUT2D eigenvalue weighted by Crippen LogP contribution is 2.47. The van der Waals surface area contributed by atoms with Gasteiger partial charge in [0.25, 0.3) is 0 Å². The van der Waals surface area contributed by atoms with Gasteiger partial charge in [0, 0.05) is 11.5 Å². The van der Waals surface area contributed by atoms with Gasteiger partial charge in [0.2, 0.25) is 0 Å². The minimum atomic E-state index is -0.131. The molecule has 0 radical (unpaired) electrons. The highest BCUT2D eigenvalue weighted by molar-refractivity contribution is 5.59. The standard InChI is InChI=1S/C27H37NO/c1-2-6-22-7-9-23(10-8-22)24-11-13-25(14-12-24)26-15-18-27(21-29,19-16-26)17-4-3-5-20-28/h3,5,7-10,21,24-26H,2,4,6,11-19H2,1H3/t24-,25-,26-,27+. The van der Waals surface area contributed by atoms with Gasteiger partial charge in [0.1, 0.15) is 6.29 Å². The topological polar surface area (TPSA) is 40.9 Å². The number of hydrogen-bond acceptors (Lipinski definition) is 2. The van der Waals surface area contributed by atoms with E-state index in [1.165, 1.54) is 68.8 Å². The van der Waals surface area contributed by atoms with Crippen LogP contribution in [0.25, 0.3) is 0 Å². The molecule has 0 aromatic heterocycles. The summed E-state index contributed by atoms with van der Waals surface area (Å²) in [6, 6.07) is 11.4. The maximum Gasteiger partial charge on any atom is 0.126 e. The number of aryl methyl sites for hydroxylation is 1. The van der Waals surface area contributed by atoms with Crippen LogP contribution in [0.1, 0.15) is 94.6 Å². The van der Waals surface area contributed by atoms with E-state index in [0.717, 1.165) is 43.4 Å². The minimum absolute atomic E-state index is 0.131. The highest BCUT2D eigenvalue weighted by atomic mass is 16.1. The summed E-state index contributed by atoms with van der Waals surface area (Å²) in [6.07, 6.45) is 18.7. The first-order chi connectivity index (χ1) is 14.2. The molecule has 2 heteroatoms. The van der Waals surface area contributed by atoms with Crippen LogP contribution in [-0.4, -0.2) is 6.29 Å². The quantitative estimate of drug-likeness (QED) is 0.349. The molecule has 3 rings (SSSR count). The number of carbonyl (C=O) groups excluding carboxylic acids is 1. The van der Waals surface area contributed by atoms with E-state index in [2.05, 4.69) is 31.2 Å². The first-order valence-electron chi connectivity index (χ1n) is 11.8. The van der Waals surface area contributed by atoms with E-state index >= 15 is 0 Å². The zero-order valence-corrected chi connectivity index (χ0v) is 18.1. The van der Waals surface area contributed by atoms with Crippen molar-refractivity contribution in [1.82, 2.24) is 0 Å². The predicted molar refractivity (Wildman–Crippen MR) is 120 cm³/mol. The molecule has 0 N–H and O–H groups in total. The van der Waals surface area contributed by atoms with Crippen LogP contribution in [0, 0.1) is 28.6 Å². The molecule has 0 unspecified atom stereocenters. The second-order valence-electron chi connectivity index (χ2n) is 9.49. The minimum Gasteiger partial charge on any atom is -0.303 e. The van der Waals surface area contributed by atoms with Gasteiger partial charge in [0.15, 0.2) is 0 Å². The number of benzene rings is 1. The first-order valence-corrected chi connectivity index (χ1v) is 11.8. The smallest absolute Gasteiger partial charge is 0.126 e. The first kappa shape index (κ1) is 21.8. The van der Waals surface area contributed by atoms with Gasteiger partial charge in [-0.3, -0.25) is 0 Å². The van der Waals surface area contributed by atoms with Crippen molar-refractivity contribution in [3.63, 3.8) is 0 Å². The fourth-order valence-electron chi connectivity index (χ4n) is 5.79. The van der Waals surface area contributed by atoms with Gasteiger partial charge in [-0.1, -0.05) is 43.7 Å². The van der Waals surface area contributed by atoms with Gasteiger partial charge in [-0.15, -0.1) is 0 Å². The molecule has 29 heavy (non-hydrogen) atoms. The van der Waals surface area contributed by atoms with Crippen LogP contribution in [-0.2, 0) is 11.2 Å². The SMILES string of the molecule is CCCc1ccc([C@H]2CC[C@H]([C@H]3CC[C@](C=O)(CCC=CC#N)CC3)CC2)cc1. The molecular formula is C27H37NO. The number of nitrogens with zero attached hydrogens (tertiary/aromatic N) is 1. The molecule has 0 heterocycles. The third kappa shape index (κ3) is 5.81. The lowest BCUT2D eigenvalue weighted by Gasteiger charge is -2.41. The molecule has 0 bridgehead atoms. The molecule has 0 atom stereocenters. The lowest BCUT2D eigenvalue weighted by atomic mass is 9.63. The van der Waals surface area contributed by atoms with Crippen molar-refractivity contribution in [3.05, 3.63) is 47.5 Å². The molecular weight excluding hydrogens is 354 g/mol. The third-order valence-electron chi connectivity index (χ3n) is 7.71. The Labute approximate surface area is 177 Å². The average Bonchev–Trinajstić information content (AvgIpc) is 2.78. The molecule has 0 aliphatic heterocycles. The van der Waals surface area contributed by atoms with Crippen molar-refractivity contribution >= 4 is 6.29 Å². The van der Waals surface area contributed by atoms with E-state index in [1.54, 1.807) is 6.08 Å². The predicted octanol–water partition coefficient (Wildman–Crippen LogP) is 7.15. The Morgan fingerprint density at radius 1 is 1.03 bits per heavy atom. The summed E-state index contributed by atoms with van der Waals surface area (Å²) in [5.74, 6) is 2.41. The van der Waals surface area contributed by atoms with E-state index in [0.29, 0.717) is 0 Å². The van der Waals surface area contributed by atoms with Gasteiger partial charge >= 0.3 is 0 Å². The molecule has 2 fully saturated rings. The summed E-state index contributed by atoms with van der Waals surface area (Å²) >= 11 is 0. The van der Waals surface area contributed by atoms with Crippen molar-refractivity contribution in [2.24, 2.45) is 17.3 Å². The van der Waals surface area contributed by atoms with Crippen LogP contribution in [0.5, 0.6) is 0 Å². The molecule has 2 aliphatic carbocycles. The van der Waals surface area contributed by atoms with Gasteiger partial charge < -0.3 is 4.79 Å². The summed E-state index contributed by atoms with van der Waals surface area (Å²) in [5, 5.41) is 8.62. The molecule has 2 saturated carbocycles. The van der Waals surface area contributed by atoms with Crippen LogP contribution < -0.4 is 0 Å². The van der Waals surface area contributed by atoms with Crippen molar-refractivity contribution < 1.29 is 4.79 Å². The highest BCUT2D eigenvalue weighted by Gasteiger charge is 2.38. The number of carbonyl (C=O) groups is 1. The van der Waals surface area contributed by atoms with Crippen molar-refractivity contribution in [2.75, 3.05) is 0 Å². The van der Waals surface area contributed by atoms with Crippen LogP contribution in [0.3, 0.4) is 0 Å². The molecule has 0 amide bonds. The summed E-state index contributed by atoms with van der Waals surface area (Å²) < 4.78 is 0. The van der Waals surface area contributed by atoms with Gasteiger partial charge in [-0.05, 0) is 99.5 Å². The zero-order valence-electron chi connectivity index (χ0n) is 18.1. The van der Waals surface area contributed by atoms with Crippen LogP contribution in [0.2, 0.25) is 0 Å². The monoisotopic (exact) mass is 391 g/mol. The number of hydrogen-bond donors (Lipinski definition) is 0. The Morgan fingerprint density at radius 3 is 2.28 bits per heavy atom. The summed E-state index contributed by atoms with van der Waals surface area (Å²) in [7, 11) is 0. The Bertz CT molecular complexity index is 695. The Kier molecular flexibility index (Phi) is 8.10. The largest absolute Gasteiger partial charge is 0.303 e. The van der Waals surface area contributed by atoms with E-state index < -0.39 is 0 Å². The number of nitriles is 1. The molecule has 1 aromatic rings. The van der Waals surface area contributed by atoms with E-state index in [4.69, 9.17) is 5.26 Å². The molecule has 1 aromatic carbocycles. The molecule has 0 spiro atoms. The van der Waals surface area contributed by atoms with Crippen molar-refractivity contribution in [2.45, 2.75) is 89.9 Å². The summed E-state index contributed by atoms with van der Waals surface area (Å²) in [4.78, 5) is 11.8. The number of rotatable bonds is 8. The molecule has 2 nitrogen and oxygen atoms in total. The molecule has 0 saturated heterocycles. The van der Waals surface area contributed by atoms with Crippen molar-refractivity contribution in [1.29, 1.82) is 5.26 Å². The third-order valence-corrected chi connectivity index (χ3v) is 7.71. The summed E-state index contributed by atoms with van der Waals surface area (Å²) in [6.45, 7) is 2.24. The van der Waals surface area contributed by atoms with E-state index in [9.17, 15) is 4.79 Å². The maximum absolute atomic E-state index is 11.8. The number of aldehydes is 1. The Morgan fingerprint density at radius 2 is 1.69 bits per heavy atom. The van der Waals surface area contributed by atoms with Gasteiger partial charge in [-0.2, -0.15) is 5.26 Å². The van der Waals surface area contributed by atoms with Gasteiger partial charge in [0.05, 0.1) is 6.07 Å². The second-order valence-corrected chi connectivity index (χ2v) is 9.49. The number of allylic oxidation sites excluding steroid dienone is 2. The average molecular weight is 392 g/mol. The Hall–Kier alpha value is -1.88. The molecule has 2 aliphatic rings. The van der Waals surface area contributed by atoms with Gasteiger partial charge in [-0.25, -0.2) is 0 Å².